The van der Waals surface area contributed by atoms with Crippen molar-refractivity contribution in [3.63, 3.8) is 0 Å². The molecule has 1 aliphatic carbocycles. The first-order chi connectivity index (χ1) is 13.2. The second kappa shape index (κ2) is 6.78. The van der Waals surface area contributed by atoms with Gasteiger partial charge in [0.15, 0.2) is 5.82 Å². The second-order valence-electron chi connectivity index (χ2n) is 6.02. The standard InChI is InChI=1S/C16H12F3N3O4S2/c17-16(18,19)25-10-3-5-11(6-4-10)28(23,24)22-12-7-8-27-13(12)15-20-14(21-26-15)9-1-2-9/h3-9,22H,1-2H2. The summed E-state index contributed by atoms with van der Waals surface area (Å²) in [6.45, 7) is 0. The molecule has 1 aliphatic rings. The van der Waals surface area contributed by atoms with Gasteiger partial charge in [-0.3, -0.25) is 4.72 Å². The molecule has 2 aromatic heterocycles. The van der Waals surface area contributed by atoms with Gasteiger partial charge >= 0.3 is 6.36 Å². The van der Waals surface area contributed by atoms with Crippen LogP contribution in [-0.2, 0) is 10.0 Å². The van der Waals surface area contributed by atoms with Crippen molar-refractivity contribution in [2.45, 2.75) is 30.0 Å². The number of ether oxygens (including phenoxy) is 1. The first kappa shape index (κ1) is 18.7. The summed E-state index contributed by atoms with van der Waals surface area (Å²) >= 11 is 1.22. The van der Waals surface area contributed by atoms with Gasteiger partial charge < -0.3 is 9.26 Å². The van der Waals surface area contributed by atoms with E-state index in [2.05, 4.69) is 19.6 Å². The molecule has 28 heavy (non-hydrogen) atoms. The minimum absolute atomic E-state index is 0.212. The number of benzene rings is 1. The number of nitrogens with zero attached hydrogens (tertiary/aromatic N) is 2. The van der Waals surface area contributed by atoms with Gasteiger partial charge in [-0.15, -0.1) is 24.5 Å². The minimum atomic E-state index is -4.85. The van der Waals surface area contributed by atoms with Gasteiger partial charge in [0.2, 0.25) is 0 Å². The molecule has 0 aliphatic heterocycles. The lowest BCUT2D eigenvalue weighted by Gasteiger charge is -2.10. The van der Waals surface area contributed by atoms with Crippen molar-refractivity contribution in [1.29, 1.82) is 0 Å². The lowest BCUT2D eigenvalue weighted by molar-refractivity contribution is -0.274. The van der Waals surface area contributed by atoms with Crippen molar-refractivity contribution >= 4 is 27.0 Å². The minimum Gasteiger partial charge on any atom is -0.406 e. The molecule has 4 rings (SSSR count). The molecule has 0 radical (unpaired) electrons. The molecule has 148 valence electrons. The number of nitrogens with one attached hydrogen (secondary N) is 1. The molecule has 0 unspecified atom stereocenters. The summed E-state index contributed by atoms with van der Waals surface area (Å²) in [6.07, 6.45) is -2.86. The average Bonchev–Trinajstić information content (AvgIpc) is 3.16. The van der Waals surface area contributed by atoms with E-state index in [1.807, 2.05) is 0 Å². The zero-order valence-electron chi connectivity index (χ0n) is 13.9. The van der Waals surface area contributed by atoms with Crippen LogP contribution < -0.4 is 9.46 Å². The Balaban J connectivity index is 1.54. The number of anilines is 1. The fourth-order valence-electron chi connectivity index (χ4n) is 2.41. The Morgan fingerprint density at radius 1 is 1.18 bits per heavy atom. The largest absolute Gasteiger partial charge is 0.573 e. The lowest BCUT2D eigenvalue weighted by atomic mass is 10.3. The Kier molecular flexibility index (Phi) is 4.54. The summed E-state index contributed by atoms with van der Waals surface area (Å²) in [7, 11) is -4.04. The molecule has 1 aromatic carbocycles. The Bertz CT molecular complexity index is 1090. The summed E-state index contributed by atoms with van der Waals surface area (Å²) in [4.78, 5) is 4.54. The Hall–Kier alpha value is -2.60. The highest BCUT2D eigenvalue weighted by Crippen LogP contribution is 2.40. The third-order valence-electron chi connectivity index (χ3n) is 3.86. The molecule has 2 heterocycles. The highest BCUT2D eigenvalue weighted by molar-refractivity contribution is 7.92. The van der Waals surface area contributed by atoms with Crippen molar-refractivity contribution in [1.82, 2.24) is 10.1 Å². The van der Waals surface area contributed by atoms with Crippen LogP contribution in [0.2, 0.25) is 0 Å². The molecule has 7 nitrogen and oxygen atoms in total. The van der Waals surface area contributed by atoms with E-state index in [4.69, 9.17) is 4.52 Å². The van der Waals surface area contributed by atoms with E-state index in [9.17, 15) is 21.6 Å². The molecule has 0 amide bonds. The quantitative estimate of drug-likeness (QED) is 0.623. The summed E-state index contributed by atoms with van der Waals surface area (Å²) < 4.78 is 73.1. The summed E-state index contributed by atoms with van der Waals surface area (Å²) in [5, 5.41) is 5.57. The molecule has 0 bridgehead atoms. The number of thiophene rings is 1. The van der Waals surface area contributed by atoms with Crippen molar-refractivity contribution in [3.05, 3.63) is 41.5 Å². The van der Waals surface area contributed by atoms with Gasteiger partial charge in [-0.1, -0.05) is 5.16 Å². The van der Waals surface area contributed by atoms with Crippen LogP contribution in [0.15, 0.2) is 45.1 Å². The second-order valence-corrected chi connectivity index (χ2v) is 8.62. The van der Waals surface area contributed by atoms with E-state index < -0.39 is 22.1 Å². The number of alkyl halides is 3. The zero-order chi connectivity index (χ0) is 19.9. The van der Waals surface area contributed by atoms with E-state index in [0.29, 0.717) is 10.7 Å². The zero-order valence-corrected chi connectivity index (χ0v) is 15.6. The van der Waals surface area contributed by atoms with Crippen LogP contribution in [0.3, 0.4) is 0 Å². The summed E-state index contributed by atoms with van der Waals surface area (Å²) in [5.74, 6) is 0.581. The number of hydrogen-bond acceptors (Lipinski definition) is 7. The van der Waals surface area contributed by atoms with Crippen molar-refractivity contribution in [2.75, 3.05) is 4.72 Å². The molecule has 0 saturated heterocycles. The number of hydrogen-bond donors (Lipinski definition) is 1. The third-order valence-corrected chi connectivity index (χ3v) is 6.14. The molecular weight excluding hydrogens is 419 g/mol. The van der Waals surface area contributed by atoms with Crippen molar-refractivity contribution in [2.24, 2.45) is 0 Å². The monoisotopic (exact) mass is 431 g/mol. The van der Waals surface area contributed by atoms with Gasteiger partial charge in [-0.05, 0) is 48.6 Å². The van der Waals surface area contributed by atoms with E-state index >= 15 is 0 Å². The van der Waals surface area contributed by atoms with Crippen molar-refractivity contribution in [3.8, 4) is 16.5 Å². The van der Waals surface area contributed by atoms with Crippen LogP contribution in [0.5, 0.6) is 5.75 Å². The lowest BCUT2D eigenvalue weighted by Crippen LogP contribution is -2.17. The first-order valence-corrected chi connectivity index (χ1v) is 10.4. The van der Waals surface area contributed by atoms with Gasteiger partial charge in [-0.2, -0.15) is 4.98 Å². The van der Waals surface area contributed by atoms with E-state index in [1.165, 1.54) is 11.3 Å². The Morgan fingerprint density at radius 3 is 2.54 bits per heavy atom. The molecule has 12 heteroatoms. The Labute approximate surface area is 161 Å². The average molecular weight is 431 g/mol. The number of rotatable bonds is 6. The predicted molar refractivity (Wildman–Crippen MR) is 93.5 cm³/mol. The molecule has 3 aromatic rings. The molecule has 0 atom stereocenters. The molecule has 1 saturated carbocycles. The topological polar surface area (TPSA) is 94.3 Å². The van der Waals surface area contributed by atoms with Crippen LogP contribution in [0, 0.1) is 0 Å². The Morgan fingerprint density at radius 2 is 1.89 bits per heavy atom. The van der Waals surface area contributed by atoms with E-state index in [0.717, 1.165) is 37.1 Å². The van der Waals surface area contributed by atoms with Crippen LogP contribution in [0.4, 0.5) is 18.9 Å². The molecule has 1 fully saturated rings. The number of halogens is 3. The molecule has 0 spiro atoms. The van der Waals surface area contributed by atoms with Crippen LogP contribution in [-0.4, -0.2) is 24.9 Å². The van der Waals surface area contributed by atoms with Crippen LogP contribution >= 0.6 is 11.3 Å². The SMILES string of the molecule is O=S(=O)(Nc1ccsc1-c1nc(C2CC2)no1)c1ccc(OC(F)(F)F)cc1. The smallest absolute Gasteiger partial charge is 0.406 e. The fourth-order valence-corrected chi connectivity index (χ4v) is 4.32. The van der Waals surface area contributed by atoms with Gasteiger partial charge in [0.05, 0.1) is 10.6 Å². The van der Waals surface area contributed by atoms with E-state index in [1.54, 1.807) is 11.4 Å². The highest BCUT2D eigenvalue weighted by atomic mass is 32.2. The predicted octanol–water partition coefficient (Wildman–Crippen LogP) is 4.37. The molecular formula is C16H12F3N3O4S2. The summed E-state index contributed by atoms with van der Waals surface area (Å²) in [5.41, 5.74) is 0.242. The summed E-state index contributed by atoms with van der Waals surface area (Å²) in [6, 6.07) is 5.44. The van der Waals surface area contributed by atoms with Crippen LogP contribution in [0.25, 0.3) is 10.8 Å². The van der Waals surface area contributed by atoms with E-state index in [-0.39, 0.29) is 22.4 Å². The van der Waals surface area contributed by atoms with Gasteiger partial charge in [0.25, 0.3) is 15.9 Å². The highest BCUT2D eigenvalue weighted by Gasteiger charge is 2.31. The fraction of sp³-hybridized carbons (Fsp3) is 0.250. The first-order valence-electron chi connectivity index (χ1n) is 8.01. The normalized spacial score (nSPS) is 14.8. The maximum atomic E-state index is 12.6. The van der Waals surface area contributed by atoms with Gasteiger partial charge in [0.1, 0.15) is 10.6 Å². The van der Waals surface area contributed by atoms with Crippen LogP contribution in [0.1, 0.15) is 24.6 Å². The van der Waals surface area contributed by atoms with Gasteiger partial charge in [0, 0.05) is 5.92 Å². The number of sulfonamides is 1. The van der Waals surface area contributed by atoms with Gasteiger partial charge in [-0.25, -0.2) is 8.42 Å². The third kappa shape index (κ3) is 4.12. The maximum absolute atomic E-state index is 12.6. The molecule has 1 N–H and O–H groups in total. The maximum Gasteiger partial charge on any atom is 0.573 e. The number of aromatic nitrogens is 2. The van der Waals surface area contributed by atoms with Crippen molar-refractivity contribution < 1.29 is 30.8 Å².